The molecule has 23 heavy (non-hydrogen) atoms. The van der Waals surface area contributed by atoms with E-state index in [1.807, 2.05) is 6.92 Å². The van der Waals surface area contributed by atoms with E-state index < -0.39 is 5.97 Å². The first-order valence-electron chi connectivity index (χ1n) is 8.07. The van der Waals surface area contributed by atoms with E-state index in [0.29, 0.717) is 11.6 Å². The summed E-state index contributed by atoms with van der Waals surface area (Å²) in [7, 11) is 1.75. The molecule has 0 aromatic carbocycles. The van der Waals surface area contributed by atoms with Gasteiger partial charge in [-0.3, -0.25) is 19.2 Å². The minimum absolute atomic E-state index is 0.0874. The lowest BCUT2D eigenvalue weighted by molar-refractivity contribution is -0.139. The zero-order chi connectivity index (χ0) is 16.6. The largest absolute Gasteiger partial charge is 0.480 e. The second kappa shape index (κ2) is 6.27. The van der Waals surface area contributed by atoms with Gasteiger partial charge < -0.3 is 10.4 Å². The highest BCUT2D eigenvalue weighted by Crippen LogP contribution is 2.33. The first-order chi connectivity index (χ1) is 10.9. The fraction of sp³-hybridized carbons (Fsp3) is 0.733. The molecule has 1 heterocycles. The second-order valence-corrected chi connectivity index (χ2v) is 6.71. The lowest BCUT2D eigenvalue weighted by Gasteiger charge is -2.42. The Kier molecular flexibility index (Phi) is 4.34. The smallest absolute Gasteiger partial charge is 0.317 e. The lowest BCUT2D eigenvalue weighted by Crippen LogP contribution is -2.55. The van der Waals surface area contributed by atoms with Crippen LogP contribution in [0.3, 0.4) is 0 Å². The van der Waals surface area contributed by atoms with Crippen molar-refractivity contribution in [2.45, 2.75) is 44.7 Å². The lowest BCUT2D eigenvalue weighted by atomic mass is 9.85. The third kappa shape index (κ3) is 3.69. The van der Waals surface area contributed by atoms with Crippen LogP contribution in [0.15, 0.2) is 0 Å². The predicted octanol–water partition coefficient (Wildman–Crippen LogP) is 0.181. The van der Waals surface area contributed by atoms with Crippen LogP contribution in [-0.2, 0) is 11.8 Å². The van der Waals surface area contributed by atoms with Crippen molar-refractivity contribution in [1.82, 2.24) is 25.2 Å². The molecule has 3 rings (SSSR count). The van der Waals surface area contributed by atoms with Crippen molar-refractivity contribution >= 4 is 11.9 Å². The van der Waals surface area contributed by atoms with Crippen LogP contribution in [-0.4, -0.2) is 62.0 Å². The van der Waals surface area contributed by atoms with Gasteiger partial charge in [0.1, 0.15) is 0 Å². The summed E-state index contributed by atoms with van der Waals surface area (Å²) in [4.78, 5) is 25.3. The van der Waals surface area contributed by atoms with E-state index >= 15 is 0 Å². The molecule has 1 amide bonds. The molecule has 2 N–H and O–H groups in total. The van der Waals surface area contributed by atoms with Crippen LogP contribution in [0.5, 0.6) is 0 Å². The van der Waals surface area contributed by atoms with Gasteiger partial charge in [-0.25, -0.2) is 0 Å². The van der Waals surface area contributed by atoms with Crippen molar-refractivity contribution in [3.8, 4) is 0 Å². The van der Waals surface area contributed by atoms with Gasteiger partial charge in [0.15, 0.2) is 5.69 Å². The molecule has 2 aliphatic carbocycles. The number of hydrogen-bond donors (Lipinski definition) is 2. The molecule has 1 aromatic heterocycles. The summed E-state index contributed by atoms with van der Waals surface area (Å²) >= 11 is 0. The van der Waals surface area contributed by atoms with E-state index in [1.165, 1.54) is 12.8 Å². The van der Waals surface area contributed by atoms with Gasteiger partial charge in [-0.15, -0.1) is 5.10 Å². The standard InChI is InChI=1S/C15H23N5O3/c1-9-14(17-18-19(9)2)15(23)16-11-5-12(6-11)20(8-13(21)22)7-10-3-4-10/h10-12H,3-8H2,1-2H3,(H,16,23)(H,21,22). The molecule has 126 valence electrons. The fourth-order valence-corrected chi connectivity index (χ4v) is 3.02. The predicted molar refractivity (Wildman–Crippen MR) is 81.9 cm³/mol. The molecule has 2 aliphatic rings. The Morgan fingerprint density at radius 3 is 2.61 bits per heavy atom. The number of aliphatic carboxylic acids is 1. The first-order valence-corrected chi connectivity index (χ1v) is 8.07. The van der Waals surface area contributed by atoms with Gasteiger partial charge in [-0.05, 0) is 38.5 Å². The number of carbonyl (C=O) groups excluding carboxylic acids is 1. The monoisotopic (exact) mass is 321 g/mol. The van der Waals surface area contributed by atoms with Gasteiger partial charge in [-0.1, -0.05) is 5.21 Å². The number of aryl methyl sites for hydroxylation is 1. The molecule has 0 bridgehead atoms. The SMILES string of the molecule is Cc1c(C(=O)NC2CC(N(CC(=O)O)CC3CC3)C2)nnn1C. The van der Waals surface area contributed by atoms with Crippen LogP contribution < -0.4 is 5.32 Å². The summed E-state index contributed by atoms with van der Waals surface area (Å²) in [6, 6.07) is 0.337. The molecule has 0 radical (unpaired) electrons. The summed E-state index contributed by atoms with van der Waals surface area (Å²) in [6.45, 7) is 2.76. The van der Waals surface area contributed by atoms with Crippen LogP contribution in [0.25, 0.3) is 0 Å². The van der Waals surface area contributed by atoms with Crippen LogP contribution in [0, 0.1) is 12.8 Å². The van der Waals surface area contributed by atoms with Gasteiger partial charge in [0.25, 0.3) is 5.91 Å². The normalized spacial score (nSPS) is 23.6. The highest BCUT2D eigenvalue weighted by Gasteiger charge is 2.38. The molecule has 0 atom stereocenters. The van der Waals surface area contributed by atoms with Gasteiger partial charge >= 0.3 is 5.97 Å². The quantitative estimate of drug-likeness (QED) is 0.743. The van der Waals surface area contributed by atoms with E-state index in [1.54, 1.807) is 11.7 Å². The van der Waals surface area contributed by atoms with Crippen molar-refractivity contribution in [3.05, 3.63) is 11.4 Å². The van der Waals surface area contributed by atoms with Crippen molar-refractivity contribution in [1.29, 1.82) is 0 Å². The number of carbonyl (C=O) groups is 2. The molecule has 0 saturated heterocycles. The van der Waals surface area contributed by atoms with Crippen LogP contribution in [0.4, 0.5) is 0 Å². The van der Waals surface area contributed by atoms with Crippen molar-refractivity contribution < 1.29 is 14.7 Å². The number of nitrogens with zero attached hydrogens (tertiary/aromatic N) is 4. The Morgan fingerprint density at radius 1 is 1.39 bits per heavy atom. The summed E-state index contributed by atoms with van der Waals surface area (Å²) < 4.78 is 1.57. The minimum atomic E-state index is -0.784. The summed E-state index contributed by atoms with van der Waals surface area (Å²) in [6.07, 6.45) is 4.00. The molecule has 1 aromatic rings. The maximum atomic E-state index is 12.2. The molecular formula is C15H23N5O3. The number of nitrogens with one attached hydrogen (secondary N) is 1. The molecular weight excluding hydrogens is 298 g/mol. The number of rotatable bonds is 7. The van der Waals surface area contributed by atoms with E-state index in [4.69, 9.17) is 5.11 Å². The molecule has 2 saturated carbocycles. The zero-order valence-electron chi connectivity index (χ0n) is 13.5. The van der Waals surface area contributed by atoms with E-state index in [9.17, 15) is 9.59 Å². The third-order valence-electron chi connectivity index (χ3n) is 4.81. The number of aromatic nitrogens is 3. The molecule has 0 aliphatic heterocycles. The molecule has 8 nitrogen and oxygen atoms in total. The van der Waals surface area contributed by atoms with Crippen LogP contribution in [0.1, 0.15) is 41.9 Å². The zero-order valence-corrected chi connectivity index (χ0v) is 13.5. The van der Waals surface area contributed by atoms with Crippen LogP contribution >= 0.6 is 0 Å². The number of carboxylic acid groups (broad SMARTS) is 1. The van der Waals surface area contributed by atoms with Gasteiger partial charge in [-0.2, -0.15) is 0 Å². The maximum absolute atomic E-state index is 12.2. The van der Waals surface area contributed by atoms with Gasteiger partial charge in [0, 0.05) is 25.7 Å². The summed E-state index contributed by atoms with van der Waals surface area (Å²) in [5.74, 6) is -0.329. The molecule has 0 spiro atoms. The highest BCUT2D eigenvalue weighted by molar-refractivity contribution is 5.93. The van der Waals surface area contributed by atoms with Crippen molar-refractivity contribution in [3.63, 3.8) is 0 Å². The maximum Gasteiger partial charge on any atom is 0.317 e. The minimum Gasteiger partial charge on any atom is -0.480 e. The topological polar surface area (TPSA) is 100 Å². The molecule has 8 heteroatoms. The number of amides is 1. The Hall–Kier alpha value is -1.96. The Bertz CT molecular complexity index is 604. The highest BCUT2D eigenvalue weighted by atomic mass is 16.4. The molecule has 2 fully saturated rings. The summed E-state index contributed by atoms with van der Waals surface area (Å²) in [5.41, 5.74) is 1.09. The number of carboxylic acids is 1. The van der Waals surface area contributed by atoms with Crippen molar-refractivity contribution in [2.75, 3.05) is 13.1 Å². The van der Waals surface area contributed by atoms with E-state index in [0.717, 1.165) is 25.1 Å². The second-order valence-electron chi connectivity index (χ2n) is 6.71. The average molecular weight is 321 g/mol. The van der Waals surface area contributed by atoms with Gasteiger partial charge in [0.05, 0.1) is 12.2 Å². The Balaban J connectivity index is 1.50. The van der Waals surface area contributed by atoms with Gasteiger partial charge in [0.2, 0.25) is 0 Å². The first kappa shape index (κ1) is 15.9. The Morgan fingerprint density at radius 2 is 2.09 bits per heavy atom. The third-order valence-corrected chi connectivity index (χ3v) is 4.81. The molecule has 0 unspecified atom stereocenters. The van der Waals surface area contributed by atoms with E-state index in [-0.39, 0.29) is 24.5 Å². The average Bonchev–Trinajstić information content (AvgIpc) is 3.18. The van der Waals surface area contributed by atoms with E-state index in [2.05, 4.69) is 20.5 Å². The number of hydrogen-bond acceptors (Lipinski definition) is 5. The fourth-order valence-electron chi connectivity index (χ4n) is 3.02. The Labute approximate surface area is 134 Å². The van der Waals surface area contributed by atoms with Crippen LogP contribution in [0.2, 0.25) is 0 Å². The van der Waals surface area contributed by atoms with Crippen molar-refractivity contribution in [2.24, 2.45) is 13.0 Å². The summed E-state index contributed by atoms with van der Waals surface area (Å²) in [5, 5.41) is 19.7.